The number of rotatable bonds is 9. The van der Waals surface area contributed by atoms with Crippen molar-refractivity contribution in [2.75, 3.05) is 6.61 Å². The minimum atomic E-state index is -0.731. The fraction of sp³-hybridized carbons (Fsp3) is 0.938. The Hall–Kier alpha value is -1.33. The Morgan fingerprint density at radius 3 is 2.55 bits per heavy atom. The molecule has 0 aliphatic heterocycles. The van der Waals surface area contributed by atoms with Crippen LogP contribution in [0.1, 0.15) is 64.7 Å². The maximum atomic E-state index is 12.0. The molecule has 6 nitrogen and oxygen atoms in total. The summed E-state index contributed by atoms with van der Waals surface area (Å²) in [4.78, 5) is 26.9. The van der Waals surface area contributed by atoms with Gasteiger partial charge in [-0.15, -0.1) is 10.1 Å². The molecule has 0 aromatic carbocycles. The highest BCUT2D eigenvalue weighted by Crippen LogP contribution is 2.47. The zero-order valence-electron chi connectivity index (χ0n) is 13.4. The molecule has 2 aliphatic carbocycles. The van der Waals surface area contributed by atoms with Crippen LogP contribution in [0.4, 0.5) is 0 Å². The molecule has 0 N–H and O–H groups in total. The van der Waals surface area contributed by atoms with Crippen molar-refractivity contribution in [2.24, 2.45) is 17.8 Å². The second kappa shape index (κ2) is 8.34. The van der Waals surface area contributed by atoms with Crippen LogP contribution >= 0.6 is 0 Å². The van der Waals surface area contributed by atoms with Gasteiger partial charge in [0.25, 0.3) is 5.09 Å². The maximum absolute atomic E-state index is 12.0. The second-order valence-corrected chi connectivity index (χ2v) is 6.64. The minimum Gasteiger partial charge on any atom is -0.465 e. The number of esters is 1. The molecule has 0 aromatic heterocycles. The number of nitrogens with zero attached hydrogens (tertiary/aromatic N) is 1. The van der Waals surface area contributed by atoms with E-state index >= 15 is 0 Å². The molecule has 4 atom stereocenters. The quantitative estimate of drug-likeness (QED) is 0.282. The molecule has 126 valence electrons. The summed E-state index contributed by atoms with van der Waals surface area (Å²) in [6.45, 7) is 2.28. The van der Waals surface area contributed by atoms with Crippen LogP contribution in [0, 0.1) is 27.9 Å². The topological polar surface area (TPSA) is 78.7 Å². The van der Waals surface area contributed by atoms with E-state index in [2.05, 4.69) is 4.84 Å². The third-order valence-electron chi connectivity index (χ3n) is 5.18. The number of ether oxygens (including phenoxy) is 1. The first-order valence-electron chi connectivity index (χ1n) is 8.58. The highest BCUT2D eigenvalue weighted by molar-refractivity contribution is 5.72. The van der Waals surface area contributed by atoms with E-state index in [4.69, 9.17) is 4.74 Å². The highest BCUT2D eigenvalue weighted by Gasteiger charge is 2.40. The first kappa shape index (κ1) is 17.0. The summed E-state index contributed by atoms with van der Waals surface area (Å²) in [5, 5.41) is 9.56. The van der Waals surface area contributed by atoms with E-state index in [1.54, 1.807) is 0 Å². The van der Waals surface area contributed by atoms with Crippen molar-refractivity contribution in [2.45, 2.75) is 70.8 Å². The van der Waals surface area contributed by atoms with Crippen LogP contribution in [0.5, 0.6) is 0 Å². The van der Waals surface area contributed by atoms with Crippen molar-refractivity contribution < 1.29 is 19.5 Å². The molecule has 0 saturated heterocycles. The van der Waals surface area contributed by atoms with Gasteiger partial charge in [0.15, 0.2) is 0 Å². The van der Waals surface area contributed by atoms with Gasteiger partial charge in [0.05, 0.1) is 12.5 Å². The Morgan fingerprint density at radius 2 is 1.95 bits per heavy atom. The summed E-state index contributed by atoms with van der Waals surface area (Å²) in [6, 6.07) is 0. The number of hydrogen-bond acceptors (Lipinski definition) is 5. The lowest BCUT2D eigenvalue weighted by atomic mass is 10.0. The Bertz CT molecular complexity index is 375. The van der Waals surface area contributed by atoms with Crippen LogP contribution in [-0.4, -0.2) is 23.8 Å². The number of carbonyl (C=O) groups is 1. The predicted molar refractivity (Wildman–Crippen MR) is 80.5 cm³/mol. The molecule has 0 bridgehead atoms. The van der Waals surface area contributed by atoms with Crippen molar-refractivity contribution in [3.8, 4) is 0 Å². The lowest BCUT2D eigenvalue weighted by Crippen LogP contribution is -2.18. The zero-order valence-corrected chi connectivity index (χ0v) is 13.4. The van der Waals surface area contributed by atoms with E-state index in [9.17, 15) is 14.9 Å². The van der Waals surface area contributed by atoms with Gasteiger partial charge in [0.2, 0.25) is 0 Å². The fourth-order valence-electron chi connectivity index (χ4n) is 3.97. The molecule has 2 rings (SSSR count). The lowest BCUT2D eigenvalue weighted by Gasteiger charge is -2.13. The van der Waals surface area contributed by atoms with E-state index in [1.165, 1.54) is 19.3 Å². The standard InChI is InChI=1S/C16H27NO5/c1-2-15(22-17(19)20)8-3-4-9-21-16(18)14-10-12-6-5-7-13(12)11-14/h12-15H,2-11H2,1H3/t12-,13+,14?,15?. The molecule has 22 heavy (non-hydrogen) atoms. The van der Waals surface area contributed by atoms with Crippen molar-refractivity contribution in [3.63, 3.8) is 0 Å². The molecule has 2 aliphatic rings. The van der Waals surface area contributed by atoms with Crippen molar-refractivity contribution in [1.82, 2.24) is 0 Å². The first-order chi connectivity index (χ1) is 10.6. The molecule has 2 fully saturated rings. The van der Waals surface area contributed by atoms with Crippen molar-refractivity contribution in [1.29, 1.82) is 0 Å². The molecule has 0 spiro atoms. The summed E-state index contributed by atoms with van der Waals surface area (Å²) in [6.07, 6.45) is 8.32. The Kier molecular flexibility index (Phi) is 6.46. The normalized spacial score (nSPS) is 28.1. The molecule has 0 amide bonds. The van der Waals surface area contributed by atoms with E-state index in [0.29, 0.717) is 19.4 Å². The van der Waals surface area contributed by atoms with Gasteiger partial charge in [-0.25, -0.2) is 0 Å². The van der Waals surface area contributed by atoms with E-state index in [1.807, 2.05) is 6.92 Å². The van der Waals surface area contributed by atoms with E-state index in [0.717, 1.165) is 37.5 Å². The largest absolute Gasteiger partial charge is 0.465 e. The van der Waals surface area contributed by atoms with Gasteiger partial charge < -0.3 is 9.57 Å². The molecule has 0 aromatic rings. The molecule has 2 unspecified atom stereocenters. The Morgan fingerprint density at radius 1 is 1.27 bits per heavy atom. The molecular weight excluding hydrogens is 286 g/mol. The van der Waals surface area contributed by atoms with Gasteiger partial charge >= 0.3 is 5.97 Å². The van der Waals surface area contributed by atoms with Gasteiger partial charge in [-0.1, -0.05) is 26.2 Å². The third-order valence-corrected chi connectivity index (χ3v) is 5.18. The molecule has 0 radical (unpaired) electrons. The smallest absolute Gasteiger partial charge is 0.308 e. The Labute approximate surface area is 131 Å². The average molecular weight is 313 g/mol. The number of hydrogen-bond donors (Lipinski definition) is 0. The summed E-state index contributed by atoms with van der Waals surface area (Å²) >= 11 is 0. The van der Waals surface area contributed by atoms with Crippen LogP contribution in [0.3, 0.4) is 0 Å². The summed E-state index contributed by atoms with van der Waals surface area (Å²) in [5.41, 5.74) is 0. The van der Waals surface area contributed by atoms with Crippen LogP contribution in [0.15, 0.2) is 0 Å². The van der Waals surface area contributed by atoms with Crippen LogP contribution in [0.2, 0.25) is 0 Å². The maximum Gasteiger partial charge on any atom is 0.308 e. The molecule has 2 saturated carbocycles. The summed E-state index contributed by atoms with van der Waals surface area (Å²) in [5.74, 6) is 1.57. The lowest BCUT2D eigenvalue weighted by molar-refractivity contribution is -0.768. The van der Waals surface area contributed by atoms with Gasteiger partial charge in [-0.05, 0) is 50.4 Å². The van der Waals surface area contributed by atoms with Crippen molar-refractivity contribution in [3.05, 3.63) is 10.1 Å². The summed E-state index contributed by atoms with van der Waals surface area (Å²) in [7, 11) is 0. The first-order valence-corrected chi connectivity index (χ1v) is 8.58. The molecule has 6 heteroatoms. The predicted octanol–water partition coefficient (Wildman–Crippen LogP) is 3.51. The number of carbonyl (C=O) groups excluding carboxylic acids is 1. The second-order valence-electron chi connectivity index (χ2n) is 6.64. The number of fused-ring (bicyclic) bond motifs is 1. The average Bonchev–Trinajstić information content (AvgIpc) is 3.06. The third kappa shape index (κ3) is 4.85. The Balaban J connectivity index is 1.55. The van der Waals surface area contributed by atoms with Gasteiger partial charge in [0, 0.05) is 0 Å². The van der Waals surface area contributed by atoms with Gasteiger partial charge in [-0.2, -0.15) is 0 Å². The SMILES string of the molecule is CCC(CCCCOC(=O)C1C[C@H]2CCC[C@H]2C1)O[N+](=O)[O-]. The van der Waals surface area contributed by atoms with E-state index in [-0.39, 0.29) is 18.0 Å². The van der Waals surface area contributed by atoms with Gasteiger partial charge in [0.1, 0.15) is 6.10 Å². The summed E-state index contributed by atoms with van der Waals surface area (Å²) < 4.78 is 5.37. The minimum absolute atomic E-state index is 0.0389. The number of unbranched alkanes of at least 4 members (excludes halogenated alkanes) is 1. The van der Waals surface area contributed by atoms with Crippen molar-refractivity contribution >= 4 is 5.97 Å². The van der Waals surface area contributed by atoms with Crippen LogP contribution in [0.25, 0.3) is 0 Å². The highest BCUT2D eigenvalue weighted by atomic mass is 17.0. The van der Waals surface area contributed by atoms with E-state index < -0.39 is 5.09 Å². The monoisotopic (exact) mass is 313 g/mol. The van der Waals surface area contributed by atoms with Gasteiger partial charge in [-0.3, -0.25) is 4.79 Å². The molecular formula is C16H27NO5. The molecule has 0 heterocycles. The zero-order chi connectivity index (χ0) is 15.9. The van der Waals surface area contributed by atoms with Crippen LogP contribution < -0.4 is 0 Å². The van der Waals surface area contributed by atoms with Crippen LogP contribution in [-0.2, 0) is 14.4 Å². The fourth-order valence-corrected chi connectivity index (χ4v) is 3.97.